The third kappa shape index (κ3) is 5.38. The van der Waals surface area contributed by atoms with Crippen LogP contribution in [0, 0.1) is 0 Å². The lowest BCUT2D eigenvalue weighted by molar-refractivity contribution is -0.123. The van der Waals surface area contributed by atoms with Gasteiger partial charge in [0.05, 0.1) is 31.8 Å². The van der Waals surface area contributed by atoms with Crippen molar-refractivity contribution in [3.63, 3.8) is 0 Å². The van der Waals surface area contributed by atoms with Gasteiger partial charge in [0.1, 0.15) is 18.1 Å². The number of methoxy groups -OCH3 is 1. The van der Waals surface area contributed by atoms with Crippen molar-refractivity contribution >= 4 is 39.8 Å². The summed E-state index contributed by atoms with van der Waals surface area (Å²) in [6.07, 6.45) is 1.73. The summed E-state index contributed by atoms with van der Waals surface area (Å²) < 4.78 is 22.5. The summed E-state index contributed by atoms with van der Waals surface area (Å²) in [4.78, 5) is 27.3. The summed E-state index contributed by atoms with van der Waals surface area (Å²) in [6.45, 7) is 5.13. The van der Waals surface area contributed by atoms with Gasteiger partial charge in [-0.15, -0.1) is 0 Å². The highest BCUT2D eigenvalue weighted by molar-refractivity contribution is 8.18. The van der Waals surface area contributed by atoms with Crippen LogP contribution in [0.4, 0.5) is 4.79 Å². The fraction of sp³-hybridized carbons (Fsp3) is 0.259. The zero-order valence-corrected chi connectivity index (χ0v) is 20.7. The number of carbonyl (C=O) groups excluding carboxylic acids is 2. The van der Waals surface area contributed by atoms with Gasteiger partial charge >= 0.3 is 0 Å². The fourth-order valence-electron chi connectivity index (χ4n) is 3.80. The lowest BCUT2D eigenvalue weighted by Crippen LogP contribution is -2.32. The number of benzene rings is 3. The molecule has 182 valence electrons. The summed E-state index contributed by atoms with van der Waals surface area (Å²) in [5.74, 6) is 2.15. The van der Waals surface area contributed by atoms with Crippen molar-refractivity contribution < 1.29 is 28.5 Å². The standard InChI is InChI=1S/C27H27NO6S/c1-4-32-19-12-10-18-11-13-22(33-5-2)21(20(18)16-19)17-25-26(29)28(27(30)35-25)14-15-34-24-9-7-6-8-23(24)31-3/h6-13,16-17H,4-5,14-15H2,1-3H3/b25-17-. The minimum Gasteiger partial charge on any atom is -0.494 e. The van der Waals surface area contributed by atoms with Crippen LogP contribution in [-0.4, -0.2) is 49.5 Å². The van der Waals surface area contributed by atoms with Crippen molar-refractivity contribution in [2.75, 3.05) is 33.5 Å². The van der Waals surface area contributed by atoms with Crippen molar-refractivity contribution in [1.82, 2.24) is 4.90 Å². The molecule has 35 heavy (non-hydrogen) atoms. The van der Waals surface area contributed by atoms with Crippen molar-refractivity contribution in [3.8, 4) is 23.0 Å². The normalized spacial score (nSPS) is 14.6. The quantitative estimate of drug-likeness (QED) is 0.332. The number of hydrogen-bond acceptors (Lipinski definition) is 7. The largest absolute Gasteiger partial charge is 0.494 e. The van der Waals surface area contributed by atoms with Crippen LogP contribution >= 0.6 is 11.8 Å². The molecule has 1 heterocycles. The van der Waals surface area contributed by atoms with E-state index in [-0.39, 0.29) is 24.3 Å². The highest BCUT2D eigenvalue weighted by atomic mass is 32.2. The lowest BCUT2D eigenvalue weighted by Gasteiger charge is -2.15. The molecule has 1 aliphatic heterocycles. The molecule has 3 aromatic rings. The third-order valence-electron chi connectivity index (χ3n) is 5.40. The number of imide groups is 1. The van der Waals surface area contributed by atoms with Gasteiger partial charge in [-0.3, -0.25) is 14.5 Å². The van der Waals surface area contributed by atoms with Crippen LogP contribution in [0.25, 0.3) is 16.8 Å². The second kappa shape index (κ2) is 11.2. The molecular weight excluding hydrogens is 466 g/mol. The van der Waals surface area contributed by atoms with Gasteiger partial charge in [0.2, 0.25) is 0 Å². The SMILES string of the molecule is CCOc1ccc2ccc(OCC)c(/C=C3\SC(=O)N(CCOc4ccccc4OC)C3=O)c2c1. The Balaban J connectivity index is 1.59. The number of carbonyl (C=O) groups is 2. The summed E-state index contributed by atoms with van der Waals surface area (Å²) >= 11 is 0.912. The van der Waals surface area contributed by atoms with E-state index in [2.05, 4.69) is 0 Å². The van der Waals surface area contributed by atoms with Gasteiger partial charge in [0.25, 0.3) is 11.1 Å². The van der Waals surface area contributed by atoms with E-state index in [0.717, 1.165) is 33.8 Å². The van der Waals surface area contributed by atoms with Crippen molar-refractivity contribution in [3.05, 3.63) is 65.1 Å². The van der Waals surface area contributed by atoms with Gasteiger partial charge in [-0.1, -0.05) is 24.3 Å². The average Bonchev–Trinajstić information content (AvgIpc) is 3.13. The molecule has 0 N–H and O–H groups in total. The Morgan fingerprint density at radius 3 is 2.37 bits per heavy atom. The van der Waals surface area contributed by atoms with E-state index in [1.807, 2.05) is 56.3 Å². The van der Waals surface area contributed by atoms with Crippen LogP contribution < -0.4 is 18.9 Å². The Bertz CT molecular complexity index is 1270. The summed E-state index contributed by atoms with van der Waals surface area (Å²) in [6, 6.07) is 16.9. The smallest absolute Gasteiger partial charge is 0.293 e. The molecule has 0 aromatic heterocycles. The van der Waals surface area contributed by atoms with Gasteiger partial charge in [0, 0.05) is 5.56 Å². The number of fused-ring (bicyclic) bond motifs is 1. The predicted molar refractivity (Wildman–Crippen MR) is 137 cm³/mol. The molecule has 1 saturated heterocycles. The first kappa shape index (κ1) is 24.5. The molecule has 0 unspecified atom stereocenters. The Morgan fingerprint density at radius 2 is 1.63 bits per heavy atom. The Kier molecular flexibility index (Phi) is 7.82. The Morgan fingerprint density at radius 1 is 0.886 bits per heavy atom. The summed E-state index contributed by atoms with van der Waals surface area (Å²) in [5, 5.41) is 1.53. The van der Waals surface area contributed by atoms with Gasteiger partial charge < -0.3 is 18.9 Å². The molecule has 0 bridgehead atoms. The molecule has 8 heteroatoms. The highest BCUT2D eigenvalue weighted by Crippen LogP contribution is 2.38. The molecule has 2 amide bonds. The lowest BCUT2D eigenvalue weighted by atomic mass is 10.0. The van der Waals surface area contributed by atoms with Crippen LogP contribution in [0.3, 0.4) is 0 Å². The molecule has 7 nitrogen and oxygen atoms in total. The Labute approximate surface area is 208 Å². The molecule has 0 saturated carbocycles. The maximum Gasteiger partial charge on any atom is 0.293 e. The maximum absolute atomic E-state index is 13.1. The predicted octanol–water partition coefficient (Wildman–Crippen LogP) is 5.76. The second-order valence-electron chi connectivity index (χ2n) is 7.56. The highest BCUT2D eigenvalue weighted by Gasteiger charge is 2.35. The first-order valence-corrected chi connectivity index (χ1v) is 12.2. The minimum absolute atomic E-state index is 0.127. The van der Waals surface area contributed by atoms with E-state index in [0.29, 0.717) is 35.4 Å². The van der Waals surface area contributed by atoms with E-state index in [9.17, 15) is 9.59 Å². The van der Waals surface area contributed by atoms with Gasteiger partial charge in [-0.25, -0.2) is 0 Å². The van der Waals surface area contributed by atoms with E-state index < -0.39 is 0 Å². The third-order valence-corrected chi connectivity index (χ3v) is 6.30. The molecule has 0 aliphatic carbocycles. The molecule has 4 rings (SSSR count). The number of ether oxygens (including phenoxy) is 4. The van der Waals surface area contributed by atoms with E-state index in [1.54, 1.807) is 25.3 Å². The van der Waals surface area contributed by atoms with Crippen LogP contribution in [0.5, 0.6) is 23.0 Å². The molecule has 0 spiro atoms. The van der Waals surface area contributed by atoms with Crippen LogP contribution in [-0.2, 0) is 4.79 Å². The topological polar surface area (TPSA) is 74.3 Å². The van der Waals surface area contributed by atoms with Crippen molar-refractivity contribution in [2.24, 2.45) is 0 Å². The van der Waals surface area contributed by atoms with E-state index in [4.69, 9.17) is 18.9 Å². The zero-order chi connectivity index (χ0) is 24.8. The number of para-hydroxylation sites is 2. The van der Waals surface area contributed by atoms with Crippen molar-refractivity contribution in [2.45, 2.75) is 13.8 Å². The summed E-state index contributed by atoms with van der Waals surface area (Å²) in [5.41, 5.74) is 0.738. The molecular formula is C27H27NO6S. The second-order valence-corrected chi connectivity index (χ2v) is 8.55. The minimum atomic E-state index is -0.357. The average molecular weight is 494 g/mol. The van der Waals surface area contributed by atoms with Gasteiger partial charge in [0.15, 0.2) is 11.5 Å². The Hall–Kier alpha value is -3.65. The number of nitrogens with zero attached hydrogens (tertiary/aromatic N) is 1. The first-order valence-electron chi connectivity index (χ1n) is 11.4. The number of amides is 2. The molecule has 1 fully saturated rings. The monoisotopic (exact) mass is 493 g/mol. The van der Waals surface area contributed by atoms with Gasteiger partial charge in [-0.05, 0) is 72.8 Å². The maximum atomic E-state index is 13.1. The molecule has 0 radical (unpaired) electrons. The summed E-state index contributed by atoms with van der Waals surface area (Å²) in [7, 11) is 1.56. The van der Waals surface area contributed by atoms with E-state index >= 15 is 0 Å². The molecule has 1 aliphatic rings. The number of thioether (sulfide) groups is 1. The molecule has 3 aromatic carbocycles. The van der Waals surface area contributed by atoms with Crippen LogP contribution in [0.15, 0.2) is 59.5 Å². The molecule has 0 atom stereocenters. The van der Waals surface area contributed by atoms with Crippen LogP contribution in [0.1, 0.15) is 19.4 Å². The van der Waals surface area contributed by atoms with Crippen LogP contribution in [0.2, 0.25) is 0 Å². The number of rotatable bonds is 10. The zero-order valence-electron chi connectivity index (χ0n) is 19.9. The van der Waals surface area contributed by atoms with E-state index in [1.165, 1.54) is 4.90 Å². The first-order chi connectivity index (χ1) is 17.0. The fourth-order valence-corrected chi connectivity index (χ4v) is 4.64. The number of hydrogen-bond donors (Lipinski definition) is 0. The van der Waals surface area contributed by atoms with Gasteiger partial charge in [-0.2, -0.15) is 0 Å². The van der Waals surface area contributed by atoms with Crippen molar-refractivity contribution in [1.29, 1.82) is 0 Å².